The van der Waals surface area contributed by atoms with Gasteiger partial charge in [-0.05, 0) is 51.4 Å². The van der Waals surface area contributed by atoms with Crippen LogP contribution in [0.3, 0.4) is 0 Å². The summed E-state index contributed by atoms with van der Waals surface area (Å²) in [5.41, 5.74) is 0. The Morgan fingerprint density at radius 1 is 0.517 bits per heavy atom. The van der Waals surface area contributed by atoms with Gasteiger partial charge < -0.3 is 28.5 Å². The van der Waals surface area contributed by atoms with Crippen molar-refractivity contribution in [3.05, 3.63) is 48.6 Å². The Bertz CT molecular complexity index is 1120. The molecule has 0 bridgehead atoms. The molecule has 0 fully saturated rings. The van der Waals surface area contributed by atoms with Crippen molar-refractivity contribution in [2.24, 2.45) is 0 Å². The Balaban J connectivity index is 4.41. The monoisotopic (exact) mass is 847 g/mol. The lowest BCUT2D eigenvalue weighted by Gasteiger charge is -2.25. The fraction of sp³-hybridized carbons (Fsp3) is 0.784. The van der Waals surface area contributed by atoms with Crippen LogP contribution in [0.2, 0.25) is 0 Å². The highest BCUT2D eigenvalue weighted by Gasteiger charge is 2.25. The van der Waals surface area contributed by atoms with Crippen molar-refractivity contribution in [2.45, 2.75) is 212 Å². The van der Waals surface area contributed by atoms with Gasteiger partial charge in [0.25, 0.3) is 6.29 Å². The number of hydrogen-bond donors (Lipinski definition) is 1. The Kier molecular flexibility index (Phi) is 41.0. The zero-order valence-electron chi connectivity index (χ0n) is 39.4. The van der Waals surface area contributed by atoms with E-state index in [4.69, 9.17) is 18.9 Å². The van der Waals surface area contributed by atoms with Crippen molar-refractivity contribution in [3.8, 4) is 0 Å². The number of carboxylic acids is 1. The van der Waals surface area contributed by atoms with Crippen LogP contribution >= 0.6 is 0 Å². The second-order valence-electron chi connectivity index (χ2n) is 17.4. The largest absolute Gasteiger partial charge is 0.477 e. The van der Waals surface area contributed by atoms with Gasteiger partial charge in [-0.15, -0.1) is 0 Å². The SMILES string of the molecule is CC/C=C\C/C=C\C/C=C\C/C=C\CCCCCCC(=O)OC(COC(=O)CCCCCCCCCCCCCCCCCCCC)COC(OCC[N+](C)(C)C)C(=O)O. The molecule has 0 radical (unpaired) electrons. The Hall–Kier alpha value is -2.75. The first-order valence-electron chi connectivity index (χ1n) is 24.3. The van der Waals surface area contributed by atoms with Crippen LogP contribution in [-0.2, 0) is 33.3 Å². The molecule has 0 spiro atoms. The highest BCUT2D eigenvalue weighted by atomic mass is 16.7. The van der Waals surface area contributed by atoms with Gasteiger partial charge in [-0.2, -0.15) is 0 Å². The summed E-state index contributed by atoms with van der Waals surface area (Å²) >= 11 is 0. The number of nitrogens with zero attached hydrogens (tertiary/aromatic N) is 1. The Morgan fingerprint density at radius 2 is 0.950 bits per heavy atom. The summed E-state index contributed by atoms with van der Waals surface area (Å²) in [6.07, 6.45) is 47.4. The van der Waals surface area contributed by atoms with E-state index in [0.29, 0.717) is 23.9 Å². The van der Waals surface area contributed by atoms with Crippen LogP contribution in [0.4, 0.5) is 0 Å². The van der Waals surface area contributed by atoms with E-state index in [2.05, 4.69) is 62.5 Å². The van der Waals surface area contributed by atoms with Crippen LogP contribution in [-0.4, -0.2) is 87.4 Å². The summed E-state index contributed by atoms with van der Waals surface area (Å²) in [6, 6.07) is 0. The highest BCUT2D eigenvalue weighted by molar-refractivity contribution is 5.71. The number of quaternary nitrogens is 1. The van der Waals surface area contributed by atoms with Gasteiger partial charge in [0.2, 0.25) is 0 Å². The number of carboxylic acid groups (broad SMARTS) is 1. The third kappa shape index (κ3) is 43.3. The second kappa shape index (κ2) is 42.9. The van der Waals surface area contributed by atoms with Crippen LogP contribution < -0.4 is 0 Å². The van der Waals surface area contributed by atoms with Gasteiger partial charge in [0, 0.05) is 12.8 Å². The summed E-state index contributed by atoms with van der Waals surface area (Å²) in [4.78, 5) is 37.2. The summed E-state index contributed by atoms with van der Waals surface area (Å²) < 4.78 is 22.8. The zero-order valence-corrected chi connectivity index (χ0v) is 39.4. The normalized spacial score (nSPS) is 13.3. The van der Waals surface area contributed by atoms with E-state index in [1.807, 2.05) is 21.1 Å². The van der Waals surface area contributed by atoms with E-state index in [9.17, 15) is 19.5 Å². The van der Waals surface area contributed by atoms with Crippen LogP contribution in [0.15, 0.2) is 48.6 Å². The second-order valence-corrected chi connectivity index (χ2v) is 17.4. The number of rotatable bonds is 44. The van der Waals surface area contributed by atoms with E-state index < -0.39 is 24.3 Å². The van der Waals surface area contributed by atoms with Crippen LogP contribution in [0.5, 0.6) is 0 Å². The third-order valence-electron chi connectivity index (χ3n) is 10.3. The molecule has 0 aliphatic heterocycles. The molecule has 60 heavy (non-hydrogen) atoms. The average molecular weight is 847 g/mol. The van der Waals surface area contributed by atoms with Crippen molar-refractivity contribution < 1.29 is 42.9 Å². The van der Waals surface area contributed by atoms with Crippen LogP contribution in [0, 0.1) is 0 Å². The van der Waals surface area contributed by atoms with E-state index in [0.717, 1.165) is 70.6 Å². The maximum absolute atomic E-state index is 12.8. The molecule has 0 aromatic carbocycles. The quantitative estimate of drug-likeness (QED) is 0.0212. The molecule has 1 N–H and O–H groups in total. The molecular weight excluding hydrogens is 755 g/mol. The number of carbonyl (C=O) groups is 3. The van der Waals surface area contributed by atoms with E-state index >= 15 is 0 Å². The fourth-order valence-electron chi connectivity index (χ4n) is 6.59. The van der Waals surface area contributed by atoms with Crippen molar-refractivity contribution >= 4 is 17.9 Å². The minimum absolute atomic E-state index is 0.182. The van der Waals surface area contributed by atoms with Crippen molar-refractivity contribution in [2.75, 3.05) is 47.5 Å². The van der Waals surface area contributed by atoms with Crippen molar-refractivity contribution in [1.82, 2.24) is 0 Å². The number of likely N-dealkylation sites (N-methyl/N-ethyl adjacent to an activating group) is 1. The number of allylic oxidation sites excluding steroid dienone is 8. The van der Waals surface area contributed by atoms with Gasteiger partial charge in [0.15, 0.2) is 6.10 Å². The van der Waals surface area contributed by atoms with Gasteiger partial charge in [-0.1, -0.05) is 184 Å². The topological polar surface area (TPSA) is 108 Å². The van der Waals surface area contributed by atoms with E-state index in [1.54, 1.807) is 0 Å². The lowest BCUT2D eigenvalue weighted by molar-refractivity contribution is -0.870. The molecule has 2 atom stereocenters. The average Bonchev–Trinajstić information content (AvgIpc) is 3.21. The number of carbonyl (C=O) groups excluding carboxylic acids is 2. The molecule has 2 unspecified atom stereocenters. The minimum atomic E-state index is -1.52. The molecule has 0 aromatic heterocycles. The molecule has 9 nitrogen and oxygen atoms in total. The molecule has 0 saturated heterocycles. The van der Waals surface area contributed by atoms with Crippen LogP contribution in [0.25, 0.3) is 0 Å². The number of aliphatic carboxylic acids is 1. The zero-order chi connectivity index (χ0) is 44.2. The van der Waals surface area contributed by atoms with E-state index in [1.165, 1.54) is 96.3 Å². The van der Waals surface area contributed by atoms with Gasteiger partial charge in [0.05, 0.1) is 34.4 Å². The van der Waals surface area contributed by atoms with Crippen LogP contribution in [0.1, 0.15) is 200 Å². The third-order valence-corrected chi connectivity index (χ3v) is 10.3. The molecule has 0 aliphatic carbocycles. The van der Waals surface area contributed by atoms with E-state index in [-0.39, 0.29) is 32.2 Å². The van der Waals surface area contributed by atoms with Gasteiger partial charge in [-0.25, -0.2) is 4.79 Å². The molecular formula is C51H92NO8+. The standard InChI is InChI=1S/C51H91NO8/c1-6-8-10-12-14-16-18-20-22-24-26-27-29-31-33-35-37-39-41-48(53)58-45-47(46-59-51(50(55)56)57-44-43-52(3,4)5)60-49(54)42-40-38-36-34-32-30-28-25-23-21-19-17-15-13-11-9-7-2/h9,11,15,17,21,23,28,30,47,51H,6-8,10,12-14,16,18-20,22,24-27,29,31-46H2,1-5H3/p+1/b11-9-,17-15-,23-21-,30-28-. The summed E-state index contributed by atoms with van der Waals surface area (Å²) in [5, 5.41) is 9.65. The molecule has 0 aromatic rings. The first-order chi connectivity index (χ1) is 29.1. The van der Waals surface area contributed by atoms with Gasteiger partial charge >= 0.3 is 17.9 Å². The molecule has 0 aliphatic rings. The maximum Gasteiger partial charge on any atom is 0.361 e. The lowest BCUT2D eigenvalue weighted by Crippen LogP contribution is -2.40. The molecule has 0 amide bonds. The molecule has 0 rings (SSSR count). The molecule has 0 heterocycles. The maximum atomic E-state index is 12.8. The number of ether oxygens (including phenoxy) is 4. The predicted molar refractivity (Wildman–Crippen MR) is 249 cm³/mol. The lowest BCUT2D eigenvalue weighted by atomic mass is 10.0. The summed E-state index contributed by atoms with van der Waals surface area (Å²) in [6.45, 7) is 4.74. The Morgan fingerprint density at radius 3 is 1.42 bits per heavy atom. The fourth-order valence-corrected chi connectivity index (χ4v) is 6.59. The number of esters is 2. The smallest absolute Gasteiger partial charge is 0.361 e. The highest BCUT2D eigenvalue weighted by Crippen LogP contribution is 2.15. The van der Waals surface area contributed by atoms with Gasteiger partial charge in [-0.3, -0.25) is 9.59 Å². The predicted octanol–water partition coefficient (Wildman–Crippen LogP) is 13.2. The first kappa shape index (κ1) is 57.2. The molecule has 348 valence electrons. The van der Waals surface area contributed by atoms with Crippen molar-refractivity contribution in [1.29, 1.82) is 0 Å². The summed E-state index contributed by atoms with van der Waals surface area (Å²) in [7, 11) is 5.95. The molecule has 0 saturated carbocycles. The molecule has 9 heteroatoms. The number of unbranched alkanes of at least 4 members (excludes halogenated alkanes) is 21. The van der Waals surface area contributed by atoms with Crippen molar-refractivity contribution in [3.63, 3.8) is 0 Å². The van der Waals surface area contributed by atoms with Gasteiger partial charge in [0.1, 0.15) is 13.2 Å². The number of hydrogen-bond acceptors (Lipinski definition) is 7. The Labute approximate surface area is 368 Å². The summed E-state index contributed by atoms with van der Waals surface area (Å²) in [5.74, 6) is -2.03. The minimum Gasteiger partial charge on any atom is -0.477 e. The first-order valence-corrected chi connectivity index (χ1v) is 24.3.